The molecule has 0 N–H and O–H groups in total. The Hall–Kier alpha value is -0.950. The van der Waals surface area contributed by atoms with Gasteiger partial charge in [0.25, 0.3) is 0 Å². The fraction of sp³-hybridized carbons (Fsp3) is 0.333. The van der Waals surface area contributed by atoms with E-state index in [1.54, 1.807) is 12.1 Å². The zero-order valence-corrected chi connectivity index (χ0v) is 14.9. The molecular formula is C15H15ClFIN2O. The van der Waals surface area contributed by atoms with Crippen LogP contribution in [0.15, 0.2) is 18.2 Å². The Kier molecular flexibility index (Phi) is 5.37. The maximum Gasteiger partial charge on any atom is 0.165 e. The van der Waals surface area contributed by atoms with Crippen LogP contribution < -0.4 is 4.74 Å². The quantitative estimate of drug-likeness (QED) is 0.529. The molecule has 0 aliphatic carbocycles. The highest BCUT2D eigenvalue weighted by molar-refractivity contribution is 14.1. The number of rotatable bonds is 4. The Morgan fingerprint density at radius 3 is 2.67 bits per heavy atom. The number of halogens is 3. The highest BCUT2D eigenvalue weighted by atomic mass is 127. The molecule has 0 amide bonds. The minimum Gasteiger partial charge on any atom is -0.494 e. The van der Waals surface area contributed by atoms with Gasteiger partial charge < -0.3 is 4.74 Å². The molecule has 0 bridgehead atoms. The van der Waals surface area contributed by atoms with E-state index >= 15 is 0 Å². The lowest BCUT2D eigenvalue weighted by Crippen LogP contribution is -2.04. The molecule has 6 heteroatoms. The maximum atomic E-state index is 13.5. The van der Waals surface area contributed by atoms with Gasteiger partial charge in [-0.25, -0.2) is 14.4 Å². The minimum absolute atomic E-state index is 0.163. The van der Waals surface area contributed by atoms with Crippen LogP contribution >= 0.6 is 34.2 Å². The molecule has 0 saturated heterocycles. The van der Waals surface area contributed by atoms with Crippen LogP contribution in [0.1, 0.15) is 19.5 Å². The third kappa shape index (κ3) is 3.83. The number of aromatic nitrogens is 2. The molecule has 0 fully saturated rings. The first kappa shape index (κ1) is 16.4. The van der Waals surface area contributed by atoms with Crippen LogP contribution in [0.4, 0.5) is 4.39 Å². The van der Waals surface area contributed by atoms with E-state index in [-0.39, 0.29) is 5.75 Å². The molecule has 0 aliphatic heterocycles. The fourth-order valence-corrected chi connectivity index (χ4v) is 2.56. The molecular weight excluding hydrogens is 406 g/mol. The van der Waals surface area contributed by atoms with Gasteiger partial charge in [0, 0.05) is 5.56 Å². The SMILES string of the molecule is COc1cc(-c2nc(Cl)c(I)c(CC(C)C)n2)ccc1F. The Balaban J connectivity index is 2.51. The van der Waals surface area contributed by atoms with E-state index in [0.717, 1.165) is 15.7 Å². The van der Waals surface area contributed by atoms with Crippen LogP contribution in [0.3, 0.4) is 0 Å². The number of hydrogen-bond acceptors (Lipinski definition) is 3. The van der Waals surface area contributed by atoms with Crippen molar-refractivity contribution in [3.63, 3.8) is 0 Å². The van der Waals surface area contributed by atoms with E-state index in [2.05, 4.69) is 46.4 Å². The summed E-state index contributed by atoms with van der Waals surface area (Å²) in [5, 5.41) is 0.416. The predicted octanol–water partition coefficient (Wildman–Crippen LogP) is 4.75. The van der Waals surface area contributed by atoms with Gasteiger partial charge in [-0.2, -0.15) is 0 Å². The first-order valence-corrected chi connectivity index (χ1v) is 7.93. The molecule has 0 spiro atoms. The summed E-state index contributed by atoms with van der Waals surface area (Å²) in [5.41, 5.74) is 1.58. The molecule has 3 nitrogen and oxygen atoms in total. The van der Waals surface area contributed by atoms with Crippen molar-refractivity contribution in [3.05, 3.63) is 38.4 Å². The normalized spacial score (nSPS) is 11.0. The zero-order valence-electron chi connectivity index (χ0n) is 12.0. The smallest absolute Gasteiger partial charge is 0.165 e. The van der Waals surface area contributed by atoms with Gasteiger partial charge in [-0.15, -0.1) is 0 Å². The lowest BCUT2D eigenvalue weighted by atomic mass is 10.1. The molecule has 2 rings (SSSR count). The molecule has 1 heterocycles. The Morgan fingerprint density at radius 1 is 1.33 bits per heavy atom. The topological polar surface area (TPSA) is 35.0 Å². The first-order chi connectivity index (χ1) is 9.92. The van der Waals surface area contributed by atoms with Crippen molar-refractivity contribution >= 4 is 34.2 Å². The van der Waals surface area contributed by atoms with E-state index in [0.29, 0.717) is 22.5 Å². The zero-order chi connectivity index (χ0) is 15.6. The van der Waals surface area contributed by atoms with Crippen LogP contribution in [-0.2, 0) is 6.42 Å². The average molecular weight is 421 g/mol. The summed E-state index contributed by atoms with van der Waals surface area (Å²) in [4.78, 5) is 8.85. The van der Waals surface area contributed by atoms with E-state index in [1.807, 2.05) is 0 Å². The number of benzene rings is 1. The molecule has 2 aromatic rings. The molecule has 1 aromatic heterocycles. The van der Waals surface area contributed by atoms with Gasteiger partial charge in [0.05, 0.1) is 16.4 Å². The highest BCUT2D eigenvalue weighted by Gasteiger charge is 2.14. The second kappa shape index (κ2) is 6.87. The van der Waals surface area contributed by atoms with E-state index < -0.39 is 5.82 Å². The van der Waals surface area contributed by atoms with Gasteiger partial charge in [-0.1, -0.05) is 25.4 Å². The van der Waals surface area contributed by atoms with Gasteiger partial charge >= 0.3 is 0 Å². The monoisotopic (exact) mass is 420 g/mol. The van der Waals surface area contributed by atoms with Crippen LogP contribution in [0.25, 0.3) is 11.4 Å². The lowest BCUT2D eigenvalue weighted by molar-refractivity contribution is 0.386. The number of nitrogens with zero attached hydrogens (tertiary/aromatic N) is 2. The first-order valence-electron chi connectivity index (χ1n) is 6.48. The second-order valence-corrected chi connectivity index (χ2v) is 6.48. The summed E-state index contributed by atoms with van der Waals surface area (Å²) in [7, 11) is 1.42. The van der Waals surface area contributed by atoms with Crippen molar-refractivity contribution in [2.24, 2.45) is 5.92 Å². The lowest BCUT2D eigenvalue weighted by Gasteiger charge is -2.11. The van der Waals surface area contributed by atoms with Gasteiger partial charge in [0.15, 0.2) is 17.4 Å². The Morgan fingerprint density at radius 2 is 2.05 bits per heavy atom. The average Bonchev–Trinajstić information content (AvgIpc) is 2.43. The van der Waals surface area contributed by atoms with Gasteiger partial charge in [-0.05, 0) is 53.1 Å². The van der Waals surface area contributed by atoms with Crippen molar-refractivity contribution in [1.82, 2.24) is 9.97 Å². The molecule has 0 unspecified atom stereocenters. The van der Waals surface area contributed by atoms with Crippen molar-refractivity contribution in [2.75, 3.05) is 7.11 Å². The van der Waals surface area contributed by atoms with Gasteiger partial charge in [0.1, 0.15) is 5.15 Å². The van der Waals surface area contributed by atoms with Gasteiger partial charge in [-0.3, -0.25) is 0 Å². The third-order valence-corrected chi connectivity index (χ3v) is 4.62. The van der Waals surface area contributed by atoms with Crippen molar-refractivity contribution < 1.29 is 9.13 Å². The van der Waals surface area contributed by atoms with Crippen LogP contribution in [0.2, 0.25) is 5.15 Å². The van der Waals surface area contributed by atoms with Crippen LogP contribution in [0.5, 0.6) is 5.75 Å². The molecule has 0 saturated carbocycles. The summed E-state index contributed by atoms with van der Waals surface area (Å²) in [6.07, 6.45) is 0.811. The maximum absolute atomic E-state index is 13.5. The van der Waals surface area contributed by atoms with Crippen molar-refractivity contribution in [3.8, 4) is 17.1 Å². The predicted molar refractivity (Wildman–Crippen MR) is 90.2 cm³/mol. The second-order valence-electron chi connectivity index (χ2n) is 5.05. The summed E-state index contributed by atoms with van der Waals surface area (Å²) >= 11 is 8.35. The third-order valence-electron chi connectivity index (χ3n) is 2.89. The number of ether oxygens (including phenoxy) is 1. The van der Waals surface area contributed by atoms with Gasteiger partial charge in [0.2, 0.25) is 0 Å². The standard InChI is InChI=1S/C15H15ClFIN2O/c1-8(2)6-11-13(18)14(16)20-15(19-11)9-4-5-10(17)12(7-9)21-3/h4-5,7-8H,6H2,1-3H3. The minimum atomic E-state index is -0.416. The van der Waals surface area contributed by atoms with Crippen molar-refractivity contribution in [2.45, 2.75) is 20.3 Å². The Labute approximate surface area is 142 Å². The molecule has 112 valence electrons. The van der Waals surface area contributed by atoms with Crippen LogP contribution in [0, 0.1) is 15.3 Å². The van der Waals surface area contributed by atoms with Crippen LogP contribution in [-0.4, -0.2) is 17.1 Å². The van der Waals surface area contributed by atoms with E-state index in [1.165, 1.54) is 13.2 Å². The van der Waals surface area contributed by atoms with E-state index in [9.17, 15) is 4.39 Å². The number of hydrogen-bond donors (Lipinski definition) is 0. The molecule has 0 aliphatic rings. The molecule has 21 heavy (non-hydrogen) atoms. The summed E-state index contributed by atoms with van der Waals surface area (Å²) in [5.74, 6) is 0.686. The molecule has 1 aromatic carbocycles. The highest BCUT2D eigenvalue weighted by Crippen LogP contribution is 2.28. The van der Waals surface area contributed by atoms with Crippen molar-refractivity contribution in [1.29, 1.82) is 0 Å². The Bertz CT molecular complexity index is 664. The number of methoxy groups -OCH3 is 1. The molecule has 0 radical (unpaired) electrons. The summed E-state index contributed by atoms with van der Waals surface area (Å²) in [6, 6.07) is 4.54. The largest absolute Gasteiger partial charge is 0.494 e. The summed E-state index contributed by atoms with van der Waals surface area (Å²) in [6.45, 7) is 4.24. The molecule has 0 atom stereocenters. The summed E-state index contributed by atoms with van der Waals surface area (Å²) < 4.78 is 19.3. The fourth-order valence-electron chi connectivity index (χ4n) is 1.91. The van der Waals surface area contributed by atoms with E-state index in [4.69, 9.17) is 16.3 Å².